The molecule has 5 heteroatoms. The maximum atomic E-state index is 10.7. The number of likely N-dealkylation sites (N-methyl/N-ethyl adjacent to an activating group) is 1. The van der Waals surface area contributed by atoms with Crippen molar-refractivity contribution < 1.29 is 9.21 Å². The molecule has 1 aromatic heterocycles. The first-order valence-electron chi connectivity index (χ1n) is 5.44. The molecule has 0 spiro atoms. The molecule has 0 saturated carbocycles. The van der Waals surface area contributed by atoms with Gasteiger partial charge in [0, 0.05) is 6.54 Å². The van der Waals surface area contributed by atoms with Gasteiger partial charge in [-0.25, -0.2) is 4.98 Å². The highest BCUT2D eigenvalue weighted by atomic mass is 16.3. The van der Waals surface area contributed by atoms with Crippen molar-refractivity contribution in [2.75, 3.05) is 20.1 Å². The van der Waals surface area contributed by atoms with Crippen LogP contribution in [0.4, 0.5) is 0 Å². The number of primary amides is 1. The summed E-state index contributed by atoms with van der Waals surface area (Å²) in [6, 6.07) is 5.92. The molecule has 0 saturated heterocycles. The zero-order valence-corrected chi connectivity index (χ0v) is 9.72. The van der Waals surface area contributed by atoms with Crippen LogP contribution in [0.15, 0.2) is 29.0 Å². The van der Waals surface area contributed by atoms with Gasteiger partial charge in [0.15, 0.2) is 12.0 Å². The topological polar surface area (TPSA) is 72.4 Å². The number of hydrogen-bond acceptors (Lipinski definition) is 4. The Bertz CT molecular complexity index is 521. The standard InChI is InChI=1S/C12H15N3O2/c1-15(7-12(13)16)5-4-9-2-3-10-11(6-9)17-8-14-10/h2-3,6,8H,4-5,7H2,1H3,(H2,13,16). The summed E-state index contributed by atoms with van der Waals surface area (Å²) in [5.41, 5.74) is 7.93. The molecule has 17 heavy (non-hydrogen) atoms. The molecule has 1 amide bonds. The molecule has 0 aliphatic heterocycles. The van der Waals surface area contributed by atoms with E-state index in [9.17, 15) is 4.79 Å². The van der Waals surface area contributed by atoms with Crippen LogP contribution in [0.25, 0.3) is 11.1 Å². The third kappa shape index (κ3) is 3.04. The Kier molecular flexibility index (Phi) is 3.39. The number of oxazole rings is 1. The fourth-order valence-corrected chi connectivity index (χ4v) is 1.72. The lowest BCUT2D eigenvalue weighted by atomic mass is 10.1. The van der Waals surface area contributed by atoms with E-state index in [1.807, 2.05) is 30.1 Å². The van der Waals surface area contributed by atoms with Gasteiger partial charge in [0.2, 0.25) is 5.91 Å². The number of benzene rings is 1. The van der Waals surface area contributed by atoms with Crippen molar-refractivity contribution in [2.24, 2.45) is 5.73 Å². The summed E-state index contributed by atoms with van der Waals surface area (Å²) >= 11 is 0. The Morgan fingerprint density at radius 3 is 3.12 bits per heavy atom. The average molecular weight is 233 g/mol. The third-order valence-corrected chi connectivity index (χ3v) is 2.60. The van der Waals surface area contributed by atoms with Gasteiger partial charge in [-0.05, 0) is 31.2 Å². The summed E-state index contributed by atoms with van der Waals surface area (Å²) in [6.45, 7) is 1.06. The number of rotatable bonds is 5. The van der Waals surface area contributed by atoms with E-state index in [0.717, 1.165) is 29.6 Å². The lowest BCUT2D eigenvalue weighted by Crippen LogP contribution is -2.32. The minimum Gasteiger partial charge on any atom is -0.443 e. The van der Waals surface area contributed by atoms with Crippen LogP contribution in [0.2, 0.25) is 0 Å². The SMILES string of the molecule is CN(CCc1ccc2ncoc2c1)CC(N)=O. The summed E-state index contributed by atoms with van der Waals surface area (Å²) in [6.07, 6.45) is 2.29. The molecule has 2 N–H and O–H groups in total. The lowest BCUT2D eigenvalue weighted by molar-refractivity contribution is -0.118. The number of fused-ring (bicyclic) bond motifs is 1. The number of carbonyl (C=O) groups excluding carboxylic acids is 1. The molecule has 1 aromatic carbocycles. The number of carbonyl (C=O) groups is 1. The van der Waals surface area contributed by atoms with Crippen LogP contribution >= 0.6 is 0 Å². The number of nitrogens with zero attached hydrogens (tertiary/aromatic N) is 2. The van der Waals surface area contributed by atoms with E-state index in [1.165, 1.54) is 6.39 Å². The van der Waals surface area contributed by atoms with Crippen molar-refractivity contribution in [2.45, 2.75) is 6.42 Å². The minimum atomic E-state index is -0.307. The summed E-state index contributed by atoms with van der Waals surface area (Å²) < 4.78 is 5.23. The molecule has 90 valence electrons. The summed E-state index contributed by atoms with van der Waals surface area (Å²) in [4.78, 5) is 16.7. The van der Waals surface area contributed by atoms with Gasteiger partial charge in [0.1, 0.15) is 5.52 Å². The molecular weight excluding hydrogens is 218 g/mol. The quantitative estimate of drug-likeness (QED) is 0.828. The van der Waals surface area contributed by atoms with Gasteiger partial charge < -0.3 is 10.2 Å². The second kappa shape index (κ2) is 4.97. The Balaban J connectivity index is 1.96. The first-order chi connectivity index (χ1) is 8.15. The van der Waals surface area contributed by atoms with Gasteiger partial charge in [-0.3, -0.25) is 9.69 Å². The molecule has 0 aliphatic carbocycles. The first-order valence-corrected chi connectivity index (χ1v) is 5.44. The normalized spacial score (nSPS) is 11.2. The van der Waals surface area contributed by atoms with Gasteiger partial charge in [0.05, 0.1) is 6.54 Å². The largest absolute Gasteiger partial charge is 0.443 e. The predicted octanol–water partition coefficient (Wildman–Crippen LogP) is 0.787. The second-order valence-electron chi connectivity index (χ2n) is 4.11. The van der Waals surface area contributed by atoms with E-state index in [-0.39, 0.29) is 12.5 Å². The first kappa shape index (κ1) is 11.6. The van der Waals surface area contributed by atoms with Crippen molar-refractivity contribution in [1.29, 1.82) is 0 Å². The fraction of sp³-hybridized carbons (Fsp3) is 0.333. The number of amides is 1. The van der Waals surface area contributed by atoms with Crippen LogP contribution in [-0.2, 0) is 11.2 Å². The minimum absolute atomic E-state index is 0.282. The fourth-order valence-electron chi connectivity index (χ4n) is 1.72. The smallest absolute Gasteiger partial charge is 0.231 e. The predicted molar refractivity (Wildman–Crippen MR) is 64.4 cm³/mol. The van der Waals surface area contributed by atoms with E-state index in [0.29, 0.717) is 0 Å². The van der Waals surface area contributed by atoms with Crippen molar-refractivity contribution in [1.82, 2.24) is 9.88 Å². The van der Waals surface area contributed by atoms with E-state index in [1.54, 1.807) is 0 Å². The van der Waals surface area contributed by atoms with Crippen molar-refractivity contribution in [3.8, 4) is 0 Å². The molecule has 0 radical (unpaired) electrons. The zero-order valence-electron chi connectivity index (χ0n) is 9.72. The van der Waals surface area contributed by atoms with Crippen LogP contribution in [0, 0.1) is 0 Å². The molecule has 5 nitrogen and oxygen atoms in total. The van der Waals surface area contributed by atoms with Crippen LogP contribution in [0.1, 0.15) is 5.56 Å². The maximum Gasteiger partial charge on any atom is 0.231 e. The van der Waals surface area contributed by atoms with Crippen LogP contribution < -0.4 is 5.73 Å². The highest BCUT2D eigenvalue weighted by Crippen LogP contribution is 2.14. The van der Waals surface area contributed by atoms with Gasteiger partial charge in [-0.15, -0.1) is 0 Å². The Morgan fingerprint density at radius 1 is 1.53 bits per heavy atom. The molecular formula is C12H15N3O2. The van der Waals surface area contributed by atoms with Crippen LogP contribution in [0.3, 0.4) is 0 Å². The van der Waals surface area contributed by atoms with Gasteiger partial charge in [-0.2, -0.15) is 0 Å². The summed E-state index contributed by atoms with van der Waals surface area (Å²) in [5, 5.41) is 0. The highest BCUT2D eigenvalue weighted by molar-refractivity contribution is 5.75. The maximum absolute atomic E-state index is 10.7. The molecule has 1 heterocycles. The van der Waals surface area contributed by atoms with Crippen molar-refractivity contribution in [3.05, 3.63) is 30.2 Å². The molecule has 0 bridgehead atoms. The molecule has 2 rings (SSSR count). The monoisotopic (exact) mass is 233 g/mol. The van der Waals surface area contributed by atoms with Crippen LogP contribution in [-0.4, -0.2) is 35.9 Å². The van der Waals surface area contributed by atoms with Gasteiger partial charge in [-0.1, -0.05) is 6.07 Å². The van der Waals surface area contributed by atoms with Crippen LogP contribution in [0.5, 0.6) is 0 Å². The van der Waals surface area contributed by atoms with E-state index < -0.39 is 0 Å². The van der Waals surface area contributed by atoms with Crippen molar-refractivity contribution in [3.63, 3.8) is 0 Å². The Labute approximate surface area is 99.2 Å². The molecule has 0 atom stereocenters. The third-order valence-electron chi connectivity index (χ3n) is 2.60. The number of hydrogen-bond donors (Lipinski definition) is 1. The van der Waals surface area contributed by atoms with E-state index in [2.05, 4.69) is 4.98 Å². The highest BCUT2D eigenvalue weighted by Gasteiger charge is 2.04. The molecule has 2 aromatic rings. The van der Waals surface area contributed by atoms with Gasteiger partial charge in [0.25, 0.3) is 0 Å². The number of nitrogens with two attached hydrogens (primary N) is 1. The average Bonchev–Trinajstić information content (AvgIpc) is 2.72. The Hall–Kier alpha value is -1.88. The molecule has 0 unspecified atom stereocenters. The lowest BCUT2D eigenvalue weighted by Gasteiger charge is -2.13. The van der Waals surface area contributed by atoms with Gasteiger partial charge >= 0.3 is 0 Å². The van der Waals surface area contributed by atoms with E-state index >= 15 is 0 Å². The van der Waals surface area contributed by atoms with E-state index in [4.69, 9.17) is 10.2 Å². The van der Waals surface area contributed by atoms with Crippen molar-refractivity contribution >= 4 is 17.0 Å². The second-order valence-corrected chi connectivity index (χ2v) is 4.11. The molecule has 0 aliphatic rings. The summed E-state index contributed by atoms with van der Waals surface area (Å²) in [5.74, 6) is -0.307. The zero-order chi connectivity index (χ0) is 12.3. The Morgan fingerprint density at radius 2 is 2.35 bits per heavy atom. The number of aromatic nitrogens is 1. The molecule has 0 fully saturated rings. The summed E-state index contributed by atoms with van der Waals surface area (Å²) in [7, 11) is 1.87.